The lowest BCUT2D eigenvalue weighted by molar-refractivity contribution is 0.0190. The number of carbonyl (C=O) groups is 1. The average molecular weight is 383 g/mol. The Morgan fingerprint density at radius 2 is 1.93 bits per heavy atom. The van der Waals surface area contributed by atoms with Gasteiger partial charge in [0.15, 0.2) is 0 Å². The fourth-order valence-corrected chi connectivity index (χ4v) is 4.47. The van der Waals surface area contributed by atoms with Gasteiger partial charge in [0, 0.05) is 11.1 Å². The minimum atomic E-state index is -0.519. The lowest BCUT2D eigenvalue weighted by Crippen LogP contribution is -2.45. The van der Waals surface area contributed by atoms with Crippen molar-refractivity contribution in [2.45, 2.75) is 57.7 Å². The number of benzene rings is 2. The molecule has 5 heteroatoms. The number of hydrogen-bond donors (Lipinski definition) is 1. The number of nitrogens with zero attached hydrogens (tertiary/aromatic N) is 1. The van der Waals surface area contributed by atoms with Crippen molar-refractivity contribution in [3.05, 3.63) is 64.0 Å². The van der Waals surface area contributed by atoms with Gasteiger partial charge in [-0.25, -0.2) is 4.39 Å². The summed E-state index contributed by atoms with van der Waals surface area (Å²) in [6, 6.07) is 9.30. The molecule has 0 radical (unpaired) electrons. The number of aliphatic hydroxyl groups is 1. The molecule has 1 fully saturated rings. The highest BCUT2D eigenvalue weighted by Crippen LogP contribution is 2.35. The maximum atomic E-state index is 15.1. The van der Waals surface area contributed by atoms with Crippen molar-refractivity contribution in [3.63, 3.8) is 0 Å². The average Bonchev–Trinajstić information content (AvgIpc) is 3.03. The molecule has 2 atom stereocenters. The molecule has 0 bridgehead atoms. The summed E-state index contributed by atoms with van der Waals surface area (Å²) < 4.78 is 20.3. The Labute approximate surface area is 164 Å². The number of halogens is 1. The molecule has 4 nitrogen and oxygen atoms in total. The number of hydrogen-bond acceptors (Lipinski definition) is 3. The first-order valence-corrected chi connectivity index (χ1v) is 9.92. The largest absolute Gasteiger partial charge is 0.497 e. The summed E-state index contributed by atoms with van der Waals surface area (Å²) >= 11 is 0. The van der Waals surface area contributed by atoms with Crippen LogP contribution in [-0.4, -0.2) is 35.2 Å². The summed E-state index contributed by atoms with van der Waals surface area (Å²) in [5.41, 5.74) is 3.37. The van der Waals surface area contributed by atoms with Crippen LogP contribution in [0.1, 0.15) is 58.3 Å². The first-order chi connectivity index (χ1) is 13.5. The van der Waals surface area contributed by atoms with E-state index in [9.17, 15) is 9.90 Å². The smallest absolute Gasteiger partial charge is 0.254 e. The van der Waals surface area contributed by atoms with E-state index in [1.807, 2.05) is 30.3 Å². The lowest BCUT2D eigenvalue weighted by Gasteiger charge is -2.35. The van der Waals surface area contributed by atoms with E-state index < -0.39 is 6.10 Å². The monoisotopic (exact) mass is 383 g/mol. The molecule has 1 N–H and O–H groups in total. The van der Waals surface area contributed by atoms with Gasteiger partial charge in [-0.3, -0.25) is 4.79 Å². The SMILES string of the molecule is COc1ccc(Cc2cc3c(c(F)c2C)CN(C2CCCCC2O)C3=O)cc1. The van der Waals surface area contributed by atoms with Crippen LogP contribution in [0.4, 0.5) is 4.39 Å². The quantitative estimate of drug-likeness (QED) is 0.868. The Hall–Kier alpha value is -2.40. The third-order valence-electron chi connectivity index (χ3n) is 6.19. The predicted octanol–water partition coefficient (Wildman–Crippen LogP) is 3.99. The standard InChI is InChI=1S/C23H26FNO3/c1-14-16(11-15-7-9-17(28-2)10-8-15)12-18-19(22(14)24)13-25(23(18)27)20-5-3-4-6-21(20)26/h7-10,12,20-21,26H,3-6,11,13H2,1-2H3. The summed E-state index contributed by atoms with van der Waals surface area (Å²) in [5.74, 6) is 0.329. The molecule has 2 aromatic rings. The predicted molar refractivity (Wildman–Crippen MR) is 105 cm³/mol. The second-order valence-electron chi connectivity index (χ2n) is 7.88. The van der Waals surface area contributed by atoms with Gasteiger partial charge in [0.2, 0.25) is 0 Å². The Bertz CT molecular complexity index is 894. The van der Waals surface area contributed by atoms with Crippen LogP contribution >= 0.6 is 0 Å². The van der Waals surface area contributed by atoms with Gasteiger partial charge in [-0.15, -0.1) is 0 Å². The van der Waals surface area contributed by atoms with Gasteiger partial charge in [0.05, 0.1) is 25.8 Å². The van der Waals surface area contributed by atoms with Crippen molar-refractivity contribution >= 4 is 5.91 Å². The van der Waals surface area contributed by atoms with Crippen LogP contribution in [0.25, 0.3) is 0 Å². The summed E-state index contributed by atoms with van der Waals surface area (Å²) in [6.45, 7) is 2.03. The highest BCUT2D eigenvalue weighted by Gasteiger charge is 2.39. The van der Waals surface area contributed by atoms with Gasteiger partial charge < -0.3 is 14.7 Å². The lowest BCUT2D eigenvalue weighted by atomic mass is 9.91. The van der Waals surface area contributed by atoms with Crippen molar-refractivity contribution in [1.82, 2.24) is 4.90 Å². The highest BCUT2D eigenvalue weighted by atomic mass is 19.1. The molecule has 0 spiro atoms. The summed E-state index contributed by atoms with van der Waals surface area (Å²) in [7, 11) is 1.62. The molecular formula is C23H26FNO3. The number of rotatable bonds is 4. The topological polar surface area (TPSA) is 49.8 Å². The summed E-state index contributed by atoms with van der Waals surface area (Å²) in [5, 5.41) is 10.3. The number of aliphatic hydroxyl groups excluding tert-OH is 1. The van der Waals surface area contributed by atoms with Gasteiger partial charge >= 0.3 is 0 Å². The van der Waals surface area contributed by atoms with Gasteiger partial charge in [-0.1, -0.05) is 25.0 Å². The number of carbonyl (C=O) groups excluding carboxylic acids is 1. The first-order valence-electron chi connectivity index (χ1n) is 9.92. The highest BCUT2D eigenvalue weighted by molar-refractivity contribution is 5.99. The van der Waals surface area contributed by atoms with E-state index in [0.717, 1.165) is 36.1 Å². The zero-order chi connectivity index (χ0) is 19.8. The van der Waals surface area contributed by atoms with Crippen molar-refractivity contribution < 1.29 is 19.0 Å². The molecule has 1 saturated carbocycles. The molecule has 28 heavy (non-hydrogen) atoms. The molecule has 1 aliphatic heterocycles. The molecule has 1 heterocycles. The van der Waals surface area contributed by atoms with Crippen LogP contribution in [0.15, 0.2) is 30.3 Å². The third-order valence-corrected chi connectivity index (χ3v) is 6.19. The minimum absolute atomic E-state index is 0.157. The van der Waals surface area contributed by atoms with E-state index in [4.69, 9.17) is 4.74 Å². The Balaban J connectivity index is 1.63. The molecule has 2 aromatic carbocycles. The van der Waals surface area contributed by atoms with E-state index in [2.05, 4.69) is 0 Å². The molecule has 148 valence electrons. The second-order valence-corrected chi connectivity index (χ2v) is 7.88. The van der Waals surface area contributed by atoms with Gasteiger partial charge in [0.1, 0.15) is 11.6 Å². The van der Waals surface area contributed by atoms with Gasteiger partial charge in [0.25, 0.3) is 5.91 Å². The van der Waals surface area contributed by atoms with E-state index in [0.29, 0.717) is 29.5 Å². The van der Waals surface area contributed by atoms with Crippen molar-refractivity contribution in [2.75, 3.05) is 7.11 Å². The number of fused-ring (bicyclic) bond motifs is 1. The Morgan fingerprint density at radius 3 is 2.61 bits per heavy atom. The maximum absolute atomic E-state index is 15.1. The molecule has 0 saturated heterocycles. The number of amides is 1. The molecule has 4 rings (SSSR count). The van der Waals surface area contributed by atoms with Crippen LogP contribution in [-0.2, 0) is 13.0 Å². The normalized spacial score (nSPS) is 21.7. The first kappa shape index (κ1) is 18.9. The molecule has 1 amide bonds. The van der Waals surface area contributed by atoms with Crippen molar-refractivity contribution in [1.29, 1.82) is 0 Å². The van der Waals surface area contributed by atoms with Crippen LogP contribution < -0.4 is 4.74 Å². The van der Waals surface area contributed by atoms with E-state index in [-0.39, 0.29) is 24.3 Å². The zero-order valence-corrected chi connectivity index (χ0v) is 16.4. The van der Waals surface area contributed by atoms with Gasteiger partial charge in [-0.2, -0.15) is 0 Å². The Morgan fingerprint density at radius 1 is 1.21 bits per heavy atom. The van der Waals surface area contributed by atoms with Crippen LogP contribution in [0.5, 0.6) is 5.75 Å². The zero-order valence-electron chi connectivity index (χ0n) is 16.4. The van der Waals surface area contributed by atoms with Crippen molar-refractivity contribution in [3.8, 4) is 5.75 Å². The molecule has 2 unspecified atom stereocenters. The summed E-state index contributed by atoms with van der Waals surface area (Å²) in [4.78, 5) is 14.7. The summed E-state index contributed by atoms with van der Waals surface area (Å²) in [6.07, 6.45) is 3.49. The fourth-order valence-electron chi connectivity index (χ4n) is 4.47. The molecule has 1 aliphatic carbocycles. The Kier molecular flexibility index (Phi) is 5.11. The maximum Gasteiger partial charge on any atom is 0.254 e. The molecule has 2 aliphatic rings. The van der Waals surface area contributed by atoms with Crippen LogP contribution in [0.3, 0.4) is 0 Å². The second kappa shape index (κ2) is 7.55. The van der Waals surface area contributed by atoms with Gasteiger partial charge in [-0.05, 0) is 61.1 Å². The van der Waals surface area contributed by atoms with Crippen LogP contribution in [0, 0.1) is 12.7 Å². The van der Waals surface area contributed by atoms with Crippen molar-refractivity contribution in [2.24, 2.45) is 0 Å². The van der Waals surface area contributed by atoms with E-state index in [1.165, 1.54) is 0 Å². The molecule has 0 aromatic heterocycles. The van der Waals surface area contributed by atoms with Crippen LogP contribution in [0.2, 0.25) is 0 Å². The van der Waals surface area contributed by atoms with E-state index in [1.54, 1.807) is 18.9 Å². The number of ether oxygens (including phenoxy) is 1. The van der Waals surface area contributed by atoms with E-state index >= 15 is 4.39 Å². The third kappa shape index (κ3) is 3.28. The minimum Gasteiger partial charge on any atom is -0.497 e. The number of methoxy groups -OCH3 is 1. The fraction of sp³-hybridized carbons (Fsp3) is 0.435. The molecular weight excluding hydrogens is 357 g/mol.